The summed E-state index contributed by atoms with van der Waals surface area (Å²) in [6.45, 7) is 3.48. The third kappa shape index (κ3) is 3.42. The van der Waals surface area contributed by atoms with Crippen molar-refractivity contribution in [2.45, 2.75) is 13.3 Å². The molecule has 0 spiro atoms. The molecule has 0 aliphatic rings. The first-order valence-corrected chi connectivity index (χ1v) is 5.29. The summed E-state index contributed by atoms with van der Waals surface area (Å²) in [7, 11) is 0. The first-order valence-electron chi connectivity index (χ1n) is 4.76. The van der Waals surface area contributed by atoms with Crippen LogP contribution in [0.3, 0.4) is 0 Å². The minimum Gasteiger partial charge on any atom is -0.490 e. The van der Waals surface area contributed by atoms with Crippen LogP contribution in [-0.4, -0.2) is 24.0 Å². The molecular weight excluding hydrogens is 200 g/mol. The third-order valence-corrected chi connectivity index (χ3v) is 1.81. The zero-order valence-corrected chi connectivity index (χ0v) is 9.05. The van der Waals surface area contributed by atoms with Crippen LogP contribution in [-0.2, 0) is 0 Å². The molecule has 4 heteroatoms. The van der Waals surface area contributed by atoms with Crippen LogP contribution in [0.2, 0.25) is 0 Å². The van der Waals surface area contributed by atoms with Crippen molar-refractivity contribution in [1.82, 2.24) is 4.98 Å². The predicted molar refractivity (Wildman–Crippen MR) is 59.2 cm³/mol. The number of hydrogen-bond acceptors (Lipinski definition) is 3. The number of alkyl halides is 1. The average Bonchev–Trinajstić information content (AvgIpc) is 2.24. The molecule has 14 heavy (non-hydrogen) atoms. The summed E-state index contributed by atoms with van der Waals surface area (Å²) in [4.78, 5) is 4.17. The summed E-state index contributed by atoms with van der Waals surface area (Å²) < 4.78 is 5.52. The number of aromatic nitrogens is 1. The number of rotatable bonds is 6. The molecule has 1 rings (SSSR count). The van der Waals surface area contributed by atoms with Crippen LogP contribution < -0.4 is 10.1 Å². The van der Waals surface area contributed by atoms with Crippen LogP contribution in [0.1, 0.15) is 13.3 Å². The second kappa shape index (κ2) is 6.49. The molecule has 0 unspecified atom stereocenters. The van der Waals surface area contributed by atoms with Crippen LogP contribution in [0.15, 0.2) is 18.3 Å². The van der Waals surface area contributed by atoms with Gasteiger partial charge in [0.05, 0.1) is 6.61 Å². The van der Waals surface area contributed by atoms with Crippen molar-refractivity contribution in [1.29, 1.82) is 0 Å². The van der Waals surface area contributed by atoms with E-state index in [9.17, 15) is 0 Å². The van der Waals surface area contributed by atoms with E-state index < -0.39 is 0 Å². The van der Waals surface area contributed by atoms with E-state index in [1.54, 1.807) is 6.20 Å². The molecule has 1 aromatic heterocycles. The molecule has 78 valence electrons. The Labute approximate surface area is 89.4 Å². The van der Waals surface area contributed by atoms with E-state index in [0.29, 0.717) is 19.0 Å². The fourth-order valence-electron chi connectivity index (χ4n) is 1.02. The summed E-state index contributed by atoms with van der Waals surface area (Å²) in [6.07, 6.45) is 2.72. The van der Waals surface area contributed by atoms with E-state index in [-0.39, 0.29) is 0 Å². The molecule has 0 fully saturated rings. The zero-order valence-electron chi connectivity index (χ0n) is 8.29. The quantitative estimate of drug-likeness (QED) is 0.739. The Balaban J connectivity index is 2.60. The summed E-state index contributed by atoms with van der Waals surface area (Å²) in [5, 5.41) is 3.10. The molecule has 1 heterocycles. The predicted octanol–water partition coefficient (Wildman–Crippen LogP) is 2.52. The average molecular weight is 215 g/mol. The molecule has 1 aromatic rings. The smallest absolute Gasteiger partial charge is 0.168 e. The highest BCUT2D eigenvalue weighted by molar-refractivity contribution is 6.18. The second-order valence-electron chi connectivity index (χ2n) is 2.81. The molecule has 0 bridgehead atoms. The normalized spacial score (nSPS) is 9.86. The summed E-state index contributed by atoms with van der Waals surface area (Å²) >= 11 is 5.58. The van der Waals surface area contributed by atoms with Crippen molar-refractivity contribution in [2.24, 2.45) is 0 Å². The number of pyridine rings is 1. The van der Waals surface area contributed by atoms with Gasteiger partial charge < -0.3 is 10.1 Å². The Hall–Kier alpha value is -0.960. The number of nitrogens with zero attached hydrogens (tertiary/aromatic N) is 1. The van der Waals surface area contributed by atoms with Gasteiger partial charge in [-0.2, -0.15) is 0 Å². The van der Waals surface area contributed by atoms with Gasteiger partial charge >= 0.3 is 0 Å². The Morgan fingerprint density at radius 2 is 2.43 bits per heavy atom. The van der Waals surface area contributed by atoms with Gasteiger partial charge in [-0.25, -0.2) is 4.98 Å². The molecule has 0 aromatic carbocycles. The lowest BCUT2D eigenvalue weighted by molar-refractivity contribution is 0.318. The van der Waals surface area contributed by atoms with Gasteiger partial charge in [0, 0.05) is 18.6 Å². The van der Waals surface area contributed by atoms with Crippen LogP contribution >= 0.6 is 11.6 Å². The lowest BCUT2D eigenvalue weighted by atomic mass is 10.4. The zero-order chi connectivity index (χ0) is 10.2. The van der Waals surface area contributed by atoms with Crippen LogP contribution in [0.4, 0.5) is 5.82 Å². The number of nitrogens with one attached hydrogen (secondary N) is 1. The summed E-state index contributed by atoms with van der Waals surface area (Å²) in [5.74, 6) is 2.12. The first-order chi connectivity index (χ1) is 6.88. The monoisotopic (exact) mass is 214 g/mol. The molecule has 3 nitrogen and oxygen atoms in total. The molecule has 0 aliphatic heterocycles. The number of ether oxygens (including phenoxy) is 1. The van der Waals surface area contributed by atoms with Crippen molar-refractivity contribution >= 4 is 17.4 Å². The lowest BCUT2D eigenvalue weighted by Gasteiger charge is -2.10. The summed E-state index contributed by atoms with van der Waals surface area (Å²) in [5.41, 5.74) is 0. The highest BCUT2D eigenvalue weighted by Crippen LogP contribution is 2.20. The van der Waals surface area contributed by atoms with Gasteiger partial charge in [0.15, 0.2) is 11.6 Å². The van der Waals surface area contributed by atoms with Gasteiger partial charge in [-0.05, 0) is 18.6 Å². The second-order valence-corrected chi connectivity index (χ2v) is 3.19. The van der Waals surface area contributed by atoms with E-state index in [4.69, 9.17) is 16.3 Å². The Morgan fingerprint density at radius 1 is 1.57 bits per heavy atom. The minimum absolute atomic E-state index is 0.559. The lowest BCUT2D eigenvalue weighted by Crippen LogP contribution is -2.07. The van der Waals surface area contributed by atoms with Crippen LogP contribution in [0, 0.1) is 0 Å². The number of hydrogen-bond donors (Lipinski definition) is 1. The van der Waals surface area contributed by atoms with Crippen molar-refractivity contribution in [3.8, 4) is 5.75 Å². The van der Waals surface area contributed by atoms with Gasteiger partial charge in [0.2, 0.25) is 0 Å². The topological polar surface area (TPSA) is 34.1 Å². The van der Waals surface area contributed by atoms with Crippen LogP contribution in [0.25, 0.3) is 0 Å². The highest BCUT2D eigenvalue weighted by Gasteiger charge is 2.02. The van der Waals surface area contributed by atoms with Gasteiger partial charge in [-0.3, -0.25) is 0 Å². The number of anilines is 1. The van der Waals surface area contributed by atoms with E-state index in [0.717, 1.165) is 18.0 Å². The Bertz CT molecular complexity index is 241. The maximum Gasteiger partial charge on any atom is 0.168 e. The fraction of sp³-hybridized carbons (Fsp3) is 0.500. The Morgan fingerprint density at radius 3 is 3.14 bits per heavy atom. The molecule has 0 saturated carbocycles. The van der Waals surface area contributed by atoms with Crippen molar-refractivity contribution in [3.05, 3.63) is 18.3 Å². The van der Waals surface area contributed by atoms with Crippen molar-refractivity contribution in [2.75, 3.05) is 24.3 Å². The summed E-state index contributed by atoms with van der Waals surface area (Å²) in [6, 6.07) is 3.76. The molecular formula is C10H15ClN2O. The molecule has 0 aliphatic carbocycles. The van der Waals surface area contributed by atoms with Crippen LogP contribution in [0.5, 0.6) is 5.75 Å². The SMILES string of the molecule is CCCOc1cccnc1NCCCl. The minimum atomic E-state index is 0.559. The van der Waals surface area contributed by atoms with Gasteiger partial charge in [0.1, 0.15) is 0 Å². The maximum atomic E-state index is 5.58. The molecule has 0 saturated heterocycles. The van der Waals surface area contributed by atoms with Crippen molar-refractivity contribution < 1.29 is 4.74 Å². The molecule has 0 radical (unpaired) electrons. The third-order valence-electron chi connectivity index (χ3n) is 1.62. The van der Waals surface area contributed by atoms with Gasteiger partial charge in [-0.15, -0.1) is 11.6 Å². The number of halogens is 1. The standard InChI is InChI=1S/C10H15ClN2O/c1-2-8-14-9-4-3-6-12-10(9)13-7-5-11/h3-4,6H,2,5,7-8H2,1H3,(H,12,13). The van der Waals surface area contributed by atoms with E-state index in [1.807, 2.05) is 12.1 Å². The highest BCUT2D eigenvalue weighted by atomic mass is 35.5. The van der Waals surface area contributed by atoms with E-state index in [1.165, 1.54) is 0 Å². The first kappa shape index (κ1) is 11.1. The molecule has 1 N–H and O–H groups in total. The fourth-order valence-corrected chi connectivity index (χ4v) is 1.11. The molecule has 0 atom stereocenters. The van der Waals surface area contributed by atoms with E-state index >= 15 is 0 Å². The Kier molecular flexibility index (Phi) is 5.15. The largest absolute Gasteiger partial charge is 0.490 e. The molecule has 0 amide bonds. The van der Waals surface area contributed by atoms with E-state index in [2.05, 4.69) is 17.2 Å². The van der Waals surface area contributed by atoms with Gasteiger partial charge in [0.25, 0.3) is 0 Å². The van der Waals surface area contributed by atoms with Crippen molar-refractivity contribution in [3.63, 3.8) is 0 Å². The van der Waals surface area contributed by atoms with Gasteiger partial charge in [-0.1, -0.05) is 6.92 Å². The maximum absolute atomic E-state index is 5.58.